The Morgan fingerprint density at radius 2 is 1.74 bits per heavy atom. The summed E-state index contributed by atoms with van der Waals surface area (Å²) in [5, 5.41) is 37.7. The average molecular weight is 573 g/mol. The van der Waals surface area contributed by atoms with Crippen LogP contribution in [0.4, 0.5) is 17.1 Å². The number of rotatable bonds is 11. The number of aromatic hydroxyl groups is 3. The molecule has 0 aliphatic carbocycles. The van der Waals surface area contributed by atoms with Crippen LogP contribution >= 0.6 is 11.3 Å². The lowest BCUT2D eigenvalue weighted by Gasteiger charge is -2.17. The highest BCUT2D eigenvalue weighted by molar-refractivity contribution is 7.91. The molecule has 4 aromatic rings. The Balaban J connectivity index is 1.83. The summed E-state index contributed by atoms with van der Waals surface area (Å²) in [6.07, 6.45) is 0.465. The van der Waals surface area contributed by atoms with Gasteiger partial charge < -0.3 is 25.1 Å². The molecule has 0 saturated carbocycles. The van der Waals surface area contributed by atoms with Gasteiger partial charge in [0.25, 0.3) is 10.0 Å². The molecule has 4 N–H and O–H groups in total. The number of hydrogen-bond donors (Lipinski definition) is 4. The van der Waals surface area contributed by atoms with E-state index in [2.05, 4.69) is 10.3 Å². The van der Waals surface area contributed by atoms with Crippen molar-refractivity contribution < 1.29 is 28.2 Å². The fourth-order valence-corrected chi connectivity index (χ4v) is 7.00. The number of aliphatic imine (C=N–C) groups is 1. The van der Waals surface area contributed by atoms with Crippen LogP contribution in [0.3, 0.4) is 0 Å². The van der Waals surface area contributed by atoms with Crippen LogP contribution in [0.5, 0.6) is 17.5 Å². The van der Waals surface area contributed by atoms with E-state index in [1.165, 1.54) is 14.3 Å². The first-order chi connectivity index (χ1) is 18.6. The summed E-state index contributed by atoms with van der Waals surface area (Å²) >= 11 is 0.861. The van der Waals surface area contributed by atoms with Gasteiger partial charge in [-0.15, -0.1) is 11.3 Å². The Kier molecular flexibility index (Phi) is 8.38. The van der Waals surface area contributed by atoms with Crippen LogP contribution in [0.25, 0.3) is 0 Å². The van der Waals surface area contributed by atoms with Gasteiger partial charge in [-0.05, 0) is 31.0 Å². The Labute approximate surface area is 231 Å². The van der Waals surface area contributed by atoms with Crippen molar-refractivity contribution in [3.05, 3.63) is 64.9 Å². The van der Waals surface area contributed by atoms with Crippen molar-refractivity contribution >= 4 is 44.1 Å². The third-order valence-corrected chi connectivity index (χ3v) is 9.78. The lowest BCUT2D eigenvalue weighted by Crippen LogP contribution is -2.30. The van der Waals surface area contributed by atoms with Crippen LogP contribution in [0.2, 0.25) is 0 Å². The molecule has 208 valence electrons. The van der Waals surface area contributed by atoms with E-state index in [9.17, 15) is 23.7 Å². The van der Waals surface area contributed by atoms with Gasteiger partial charge >= 0.3 is 0 Å². The maximum absolute atomic E-state index is 13.0. The fraction of sp³-hybridized carbons (Fsp3) is 0.296. The van der Waals surface area contributed by atoms with Gasteiger partial charge in [-0.25, -0.2) is 13.4 Å². The Hall–Kier alpha value is -3.74. The Morgan fingerprint density at radius 3 is 2.33 bits per heavy atom. The molecule has 4 rings (SSSR count). The number of benzene rings is 1. The van der Waals surface area contributed by atoms with Crippen molar-refractivity contribution in [2.24, 2.45) is 4.99 Å². The summed E-state index contributed by atoms with van der Waals surface area (Å²) in [6.45, 7) is 7.78. The van der Waals surface area contributed by atoms with Gasteiger partial charge in [-0.2, -0.15) is 4.31 Å². The molecule has 0 aliphatic heterocycles. The van der Waals surface area contributed by atoms with E-state index in [1.807, 2.05) is 44.2 Å². The quantitative estimate of drug-likeness (QED) is 0.164. The van der Waals surface area contributed by atoms with Crippen LogP contribution in [-0.4, -0.2) is 51.4 Å². The fourth-order valence-electron chi connectivity index (χ4n) is 4.17. The predicted octanol–water partition coefficient (Wildman–Crippen LogP) is 5.92. The summed E-state index contributed by atoms with van der Waals surface area (Å²) in [6, 6.07) is 12.8. The monoisotopic (exact) mass is 572 g/mol. The molecule has 0 amide bonds. The summed E-state index contributed by atoms with van der Waals surface area (Å²) in [7, 11) is -3.92. The van der Waals surface area contributed by atoms with Gasteiger partial charge in [0, 0.05) is 18.5 Å². The normalized spacial score (nSPS) is 12.4. The highest BCUT2D eigenvalue weighted by Crippen LogP contribution is 2.49. The molecule has 0 radical (unpaired) electrons. The first kappa shape index (κ1) is 28.3. The lowest BCUT2D eigenvalue weighted by atomic mass is 10.2. The third kappa shape index (κ3) is 5.54. The third-order valence-electron chi connectivity index (χ3n) is 6.25. The van der Waals surface area contributed by atoms with Gasteiger partial charge in [0.2, 0.25) is 11.8 Å². The highest BCUT2D eigenvalue weighted by Gasteiger charge is 2.30. The van der Waals surface area contributed by atoms with E-state index in [0.717, 1.165) is 16.9 Å². The van der Waals surface area contributed by atoms with E-state index >= 15 is 0 Å². The largest absolute Gasteiger partial charge is 0.504 e. The predicted molar refractivity (Wildman–Crippen MR) is 153 cm³/mol. The van der Waals surface area contributed by atoms with Crippen LogP contribution < -0.4 is 5.32 Å². The minimum absolute atomic E-state index is 0.0116. The number of furan rings is 1. The minimum Gasteiger partial charge on any atom is -0.504 e. The molecule has 0 atom stereocenters. The van der Waals surface area contributed by atoms with Crippen molar-refractivity contribution in [3.63, 3.8) is 0 Å². The number of aromatic nitrogens is 1. The van der Waals surface area contributed by atoms with Crippen molar-refractivity contribution in [3.8, 4) is 17.5 Å². The molecule has 1 aromatic carbocycles. The number of anilines is 2. The number of nitrogens with zero attached hydrogens (tertiary/aromatic N) is 3. The topological polar surface area (TPSA) is 141 Å². The molecular formula is C27H32N4O6S2. The van der Waals surface area contributed by atoms with Gasteiger partial charge in [-0.3, -0.25) is 4.57 Å². The van der Waals surface area contributed by atoms with Gasteiger partial charge in [0.15, 0.2) is 15.6 Å². The Morgan fingerprint density at radius 1 is 1.05 bits per heavy atom. The van der Waals surface area contributed by atoms with Gasteiger partial charge in [0.05, 0.1) is 17.9 Å². The number of thiophene rings is 1. The van der Waals surface area contributed by atoms with E-state index in [-0.39, 0.29) is 52.7 Å². The van der Waals surface area contributed by atoms with E-state index in [0.29, 0.717) is 23.7 Å². The van der Waals surface area contributed by atoms with Crippen LogP contribution in [0.15, 0.2) is 61.5 Å². The molecule has 10 nitrogen and oxygen atoms in total. The van der Waals surface area contributed by atoms with Gasteiger partial charge in [-0.1, -0.05) is 51.1 Å². The number of sulfonamides is 1. The number of nitrogens with one attached hydrogen (secondary N) is 1. The molecule has 12 heteroatoms. The lowest BCUT2D eigenvalue weighted by molar-refractivity contribution is 0.379. The Bertz CT molecular complexity index is 1580. The van der Waals surface area contributed by atoms with Crippen molar-refractivity contribution in [2.45, 2.75) is 44.9 Å². The first-order valence-electron chi connectivity index (χ1n) is 12.5. The van der Waals surface area contributed by atoms with Crippen LogP contribution in [-0.2, 0) is 16.6 Å². The average Bonchev–Trinajstić information content (AvgIpc) is 3.57. The van der Waals surface area contributed by atoms with Crippen LogP contribution in [0.1, 0.15) is 44.3 Å². The zero-order chi connectivity index (χ0) is 28.3. The summed E-state index contributed by atoms with van der Waals surface area (Å²) in [4.78, 5) is 4.64. The molecule has 0 aliphatic rings. The first-order valence-corrected chi connectivity index (χ1v) is 14.8. The molecule has 0 bridgehead atoms. The zero-order valence-electron chi connectivity index (χ0n) is 22.2. The molecule has 0 spiro atoms. The molecule has 0 saturated heterocycles. The SMILES string of the molecule is CCC(=Nc1c(Nc2csc(S(=O)(=O)N(CC)CC)c2O)c(O)n(Cc2ccccc2)c1O)c1ccc(C)o1. The van der Waals surface area contributed by atoms with Crippen molar-refractivity contribution in [1.29, 1.82) is 0 Å². The molecular weight excluding hydrogens is 540 g/mol. The second-order valence-corrected chi connectivity index (χ2v) is 11.8. The second kappa shape index (κ2) is 11.6. The number of hydrogen-bond acceptors (Lipinski definition) is 9. The van der Waals surface area contributed by atoms with E-state index in [1.54, 1.807) is 26.0 Å². The van der Waals surface area contributed by atoms with Crippen molar-refractivity contribution in [2.75, 3.05) is 18.4 Å². The van der Waals surface area contributed by atoms with Gasteiger partial charge in [0.1, 0.15) is 17.2 Å². The maximum atomic E-state index is 13.0. The maximum Gasteiger partial charge on any atom is 0.256 e. The van der Waals surface area contributed by atoms with Crippen LogP contribution in [0, 0.1) is 6.92 Å². The zero-order valence-corrected chi connectivity index (χ0v) is 23.8. The smallest absolute Gasteiger partial charge is 0.256 e. The summed E-state index contributed by atoms with van der Waals surface area (Å²) < 4.78 is 34.1. The minimum atomic E-state index is -3.92. The van der Waals surface area contributed by atoms with Crippen molar-refractivity contribution in [1.82, 2.24) is 8.87 Å². The summed E-state index contributed by atoms with van der Waals surface area (Å²) in [5.41, 5.74) is 1.44. The standard InChI is InChI=1S/C27H32N4O6S2/c1-5-19(21-14-13-17(4)37-21)28-22-23(26(34)31(25(22)33)15-18-11-9-8-10-12-18)29-20-16-38-27(24(20)32)39(35,36)30(6-2)7-3/h8-14,16,29,32-34H,5-7,15H2,1-4H3. The molecule has 39 heavy (non-hydrogen) atoms. The molecule has 3 aromatic heterocycles. The highest BCUT2D eigenvalue weighted by atomic mass is 32.2. The molecule has 3 heterocycles. The second-order valence-electron chi connectivity index (χ2n) is 8.76. The molecule has 0 fully saturated rings. The number of aryl methyl sites for hydroxylation is 1. The summed E-state index contributed by atoms with van der Waals surface area (Å²) in [5.74, 6) is 0.0950. The molecule has 0 unspecified atom stereocenters. The van der Waals surface area contributed by atoms with E-state index < -0.39 is 15.8 Å². The van der Waals surface area contributed by atoms with E-state index in [4.69, 9.17) is 4.42 Å².